The molecule has 138 valence electrons. The molecule has 4 atom stereocenters. The van der Waals surface area contributed by atoms with Gasteiger partial charge in [0.25, 0.3) is 0 Å². The monoisotopic (exact) mass is 356 g/mol. The number of benzene rings is 2. The van der Waals surface area contributed by atoms with Gasteiger partial charge in [-0.1, -0.05) is 60.7 Å². The van der Waals surface area contributed by atoms with Crippen LogP contribution < -0.4 is 0 Å². The standard InChI is InChI=1S/C21H24O5/c22-12-11-19-21(26-14-17-9-5-2-6-10-17)20(18(23)15-24-19)25-13-16-7-3-1-4-8-16/h1-10,12,18-21,23H,11,13-15H2/t18-,19-,20-,21-/m0/s1. The Morgan fingerprint density at radius 3 is 2.00 bits per heavy atom. The first-order chi connectivity index (χ1) is 12.8. The summed E-state index contributed by atoms with van der Waals surface area (Å²) >= 11 is 0. The van der Waals surface area contributed by atoms with E-state index in [1.165, 1.54) is 0 Å². The molecule has 2 aromatic rings. The molecule has 0 aromatic heterocycles. The Balaban J connectivity index is 1.69. The Bertz CT molecular complexity index is 661. The average molecular weight is 356 g/mol. The van der Waals surface area contributed by atoms with Crippen molar-refractivity contribution >= 4 is 6.29 Å². The number of aliphatic hydroxyl groups is 1. The lowest BCUT2D eigenvalue weighted by Gasteiger charge is -2.40. The van der Waals surface area contributed by atoms with Crippen LogP contribution in [0.15, 0.2) is 60.7 Å². The molecule has 1 aliphatic rings. The summed E-state index contributed by atoms with van der Waals surface area (Å²) < 4.78 is 17.7. The number of hydrogen-bond donors (Lipinski definition) is 1. The number of aliphatic hydroxyl groups excluding tert-OH is 1. The summed E-state index contributed by atoms with van der Waals surface area (Å²) in [5.41, 5.74) is 2.03. The maximum atomic E-state index is 11.0. The van der Waals surface area contributed by atoms with Gasteiger partial charge in [0.05, 0.1) is 25.9 Å². The Labute approximate surface area is 153 Å². The predicted molar refractivity (Wildman–Crippen MR) is 96.5 cm³/mol. The highest BCUT2D eigenvalue weighted by atomic mass is 16.6. The zero-order valence-corrected chi connectivity index (χ0v) is 14.6. The first-order valence-electron chi connectivity index (χ1n) is 8.82. The predicted octanol–water partition coefficient (Wildman–Crippen LogP) is 2.51. The average Bonchev–Trinajstić information content (AvgIpc) is 2.69. The molecule has 1 N–H and O–H groups in total. The Morgan fingerprint density at radius 2 is 1.46 bits per heavy atom. The number of carbonyl (C=O) groups is 1. The maximum Gasteiger partial charge on any atom is 0.122 e. The summed E-state index contributed by atoms with van der Waals surface area (Å²) in [7, 11) is 0. The zero-order chi connectivity index (χ0) is 18.2. The normalized spacial score (nSPS) is 25.7. The molecule has 1 heterocycles. The van der Waals surface area contributed by atoms with Crippen molar-refractivity contribution in [2.75, 3.05) is 6.61 Å². The van der Waals surface area contributed by atoms with Crippen molar-refractivity contribution in [3.8, 4) is 0 Å². The van der Waals surface area contributed by atoms with E-state index in [4.69, 9.17) is 14.2 Å². The van der Waals surface area contributed by atoms with Gasteiger partial charge in [-0.15, -0.1) is 0 Å². The highest BCUT2D eigenvalue weighted by Gasteiger charge is 2.41. The van der Waals surface area contributed by atoms with Gasteiger partial charge in [-0.2, -0.15) is 0 Å². The van der Waals surface area contributed by atoms with Crippen molar-refractivity contribution < 1.29 is 24.1 Å². The van der Waals surface area contributed by atoms with Crippen molar-refractivity contribution in [3.63, 3.8) is 0 Å². The van der Waals surface area contributed by atoms with Gasteiger partial charge >= 0.3 is 0 Å². The highest BCUT2D eigenvalue weighted by Crippen LogP contribution is 2.25. The van der Waals surface area contributed by atoms with Gasteiger partial charge in [-0.05, 0) is 11.1 Å². The van der Waals surface area contributed by atoms with Crippen molar-refractivity contribution in [3.05, 3.63) is 71.8 Å². The number of hydrogen-bond acceptors (Lipinski definition) is 5. The number of rotatable bonds is 8. The molecule has 0 radical (unpaired) electrons. The topological polar surface area (TPSA) is 65.0 Å². The Hall–Kier alpha value is -2.05. The summed E-state index contributed by atoms with van der Waals surface area (Å²) in [6, 6.07) is 19.5. The lowest BCUT2D eigenvalue weighted by molar-refractivity contribution is -0.225. The second kappa shape index (κ2) is 9.59. The molecule has 1 saturated heterocycles. The third kappa shape index (κ3) is 4.99. The second-order valence-corrected chi connectivity index (χ2v) is 6.36. The number of carbonyl (C=O) groups excluding carboxylic acids is 1. The lowest BCUT2D eigenvalue weighted by Crippen LogP contribution is -2.55. The van der Waals surface area contributed by atoms with Gasteiger partial charge in [0, 0.05) is 6.42 Å². The molecule has 1 fully saturated rings. The fraction of sp³-hybridized carbons (Fsp3) is 0.381. The first-order valence-corrected chi connectivity index (χ1v) is 8.82. The van der Waals surface area contributed by atoms with Crippen LogP contribution >= 0.6 is 0 Å². The quantitative estimate of drug-likeness (QED) is 0.736. The van der Waals surface area contributed by atoms with E-state index in [2.05, 4.69) is 0 Å². The summed E-state index contributed by atoms with van der Waals surface area (Å²) in [6.07, 6.45) is -1.29. The molecule has 5 nitrogen and oxygen atoms in total. The number of ether oxygens (including phenoxy) is 3. The second-order valence-electron chi connectivity index (χ2n) is 6.36. The Morgan fingerprint density at radius 1 is 0.923 bits per heavy atom. The van der Waals surface area contributed by atoms with E-state index in [0.29, 0.717) is 13.2 Å². The van der Waals surface area contributed by atoms with Gasteiger partial charge in [0.2, 0.25) is 0 Å². The minimum Gasteiger partial charge on any atom is -0.388 e. The summed E-state index contributed by atoms with van der Waals surface area (Å²) in [6.45, 7) is 0.854. The molecule has 2 aromatic carbocycles. The molecule has 1 aliphatic heterocycles. The fourth-order valence-corrected chi connectivity index (χ4v) is 3.08. The molecule has 0 amide bonds. The zero-order valence-electron chi connectivity index (χ0n) is 14.6. The lowest BCUT2D eigenvalue weighted by atomic mass is 9.97. The van der Waals surface area contributed by atoms with Crippen molar-refractivity contribution in [2.45, 2.75) is 44.1 Å². The van der Waals surface area contributed by atoms with E-state index in [1.54, 1.807) is 0 Å². The van der Waals surface area contributed by atoms with Crippen LogP contribution in [0.25, 0.3) is 0 Å². The molecule has 0 unspecified atom stereocenters. The van der Waals surface area contributed by atoms with Crippen LogP contribution in [0.5, 0.6) is 0 Å². The molecular formula is C21H24O5. The minimum absolute atomic E-state index is 0.128. The van der Waals surface area contributed by atoms with Crippen LogP contribution in [0.3, 0.4) is 0 Å². The minimum atomic E-state index is -0.803. The Kier molecular flexibility index (Phi) is 6.91. The van der Waals surface area contributed by atoms with E-state index in [1.807, 2.05) is 60.7 Å². The van der Waals surface area contributed by atoms with E-state index < -0.39 is 24.4 Å². The molecule has 5 heteroatoms. The molecule has 0 spiro atoms. The molecule has 0 aliphatic carbocycles. The molecular weight excluding hydrogens is 332 g/mol. The summed E-state index contributed by atoms with van der Waals surface area (Å²) in [4.78, 5) is 11.0. The van der Waals surface area contributed by atoms with Gasteiger partial charge < -0.3 is 24.1 Å². The van der Waals surface area contributed by atoms with Gasteiger partial charge in [-0.3, -0.25) is 0 Å². The largest absolute Gasteiger partial charge is 0.388 e. The summed E-state index contributed by atoms with van der Waals surface area (Å²) in [5.74, 6) is 0. The molecule has 3 rings (SSSR count). The number of aldehydes is 1. The first kappa shape index (κ1) is 18.7. The smallest absolute Gasteiger partial charge is 0.122 e. The van der Waals surface area contributed by atoms with Crippen LogP contribution in [0, 0.1) is 0 Å². The van der Waals surface area contributed by atoms with Gasteiger partial charge in [0.1, 0.15) is 24.6 Å². The highest BCUT2D eigenvalue weighted by molar-refractivity contribution is 5.50. The van der Waals surface area contributed by atoms with Gasteiger partial charge in [-0.25, -0.2) is 0 Å². The van der Waals surface area contributed by atoms with Crippen LogP contribution in [0.2, 0.25) is 0 Å². The SMILES string of the molecule is O=CC[C@@H]1OC[C@H](O)[C@H](OCc2ccccc2)[C@H]1OCc1ccccc1. The van der Waals surface area contributed by atoms with Crippen LogP contribution in [-0.4, -0.2) is 42.4 Å². The third-order valence-corrected chi connectivity index (χ3v) is 4.45. The summed E-state index contributed by atoms with van der Waals surface area (Å²) in [5, 5.41) is 10.4. The van der Waals surface area contributed by atoms with E-state index >= 15 is 0 Å². The van der Waals surface area contributed by atoms with Crippen LogP contribution in [-0.2, 0) is 32.2 Å². The van der Waals surface area contributed by atoms with Gasteiger partial charge in [0.15, 0.2) is 0 Å². The third-order valence-electron chi connectivity index (χ3n) is 4.45. The van der Waals surface area contributed by atoms with Crippen LogP contribution in [0.4, 0.5) is 0 Å². The molecule has 0 saturated carbocycles. The van der Waals surface area contributed by atoms with Crippen LogP contribution in [0.1, 0.15) is 17.5 Å². The fourth-order valence-electron chi connectivity index (χ4n) is 3.08. The molecule has 26 heavy (non-hydrogen) atoms. The van der Waals surface area contributed by atoms with Crippen molar-refractivity contribution in [2.24, 2.45) is 0 Å². The van der Waals surface area contributed by atoms with Crippen molar-refractivity contribution in [1.82, 2.24) is 0 Å². The maximum absolute atomic E-state index is 11.0. The van der Waals surface area contributed by atoms with Crippen molar-refractivity contribution in [1.29, 1.82) is 0 Å². The van der Waals surface area contributed by atoms with E-state index in [9.17, 15) is 9.90 Å². The van der Waals surface area contributed by atoms with E-state index in [0.717, 1.165) is 17.4 Å². The van der Waals surface area contributed by atoms with E-state index in [-0.39, 0.29) is 13.0 Å². The molecule has 0 bridgehead atoms.